The first kappa shape index (κ1) is 12.6. The predicted octanol–water partition coefficient (Wildman–Crippen LogP) is 2.63. The Labute approximate surface area is 95.9 Å². The maximum atomic E-state index is 11.9. The number of carboxylic acids is 1. The van der Waals surface area contributed by atoms with Crippen molar-refractivity contribution in [2.45, 2.75) is 6.36 Å². The topological polar surface area (TPSA) is 72.6 Å². The second kappa shape index (κ2) is 4.20. The Morgan fingerprint density at radius 1 is 1.44 bits per heavy atom. The lowest BCUT2D eigenvalue weighted by molar-refractivity contribution is -0.274. The summed E-state index contributed by atoms with van der Waals surface area (Å²) in [5.74, 6) is -1.96. The molecule has 0 spiro atoms. The van der Waals surface area contributed by atoms with Crippen LogP contribution >= 0.6 is 15.9 Å². The molecule has 0 atom stereocenters. The molecule has 0 fully saturated rings. The zero-order chi connectivity index (χ0) is 12.5. The van der Waals surface area contributed by atoms with E-state index in [4.69, 9.17) is 10.8 Å². The quantitative estimate of drug-likeness (QED) is 0.824. The van der Waals surface area contributed by atoms with Gasteiger partial charge in [0.05, 0.1) is 11.3 Å². The van der Waals surface area contributed by atoms with Crippen molar-refractivity contribution in [3.63, 3.8) is 0 Å². The number of carboxylic acid groups (broad SMARTS) is 1. The van der Waals surface area contributed by atoms with Crippen LogP contribution in [0.3, 0.4) is 0 Å². The van der Waals surface area contributed by atoms with Gasteiger partial charge in [0.1, 0.15) is 0 Å². The smallest absolute Gasteiger partial charge is 0.478 e. The van der Waals surface area contributed by atoms with E-state index in [0.717, 1.165) is 12.1 Å². The SMILES string of the molecule is Nc1cc(C(=O)O)c(Br)cc1OC(F)(F)F. The monoisotopic (exact) mass is 299 g/mol. The first-order chi connectivity index (χ1) is 7.20. The van der Waals surface area contributed by atoms with Gasteiger partial charge in [-0.25, -0.2) is 4.79 Å². The Morgan fingerprint density at radius 3 is 2.44 bits per heavy atom. The van der Waals surface area contributed by atoms with Crippen molar-refractivity contribution in [1.29, 1.82) is 0 Å². The first-order valence-electron chi connectivity index (χ1n) is 3.79. The van der Waals surface area contributed by atoms with Crippen molar-refractivity contribution in [3.05, 3.63) is 22.2 Å². The molecule has 0 bridgehead atoms. The number of rotatable bonds is 2. The van der Waals surface area contributed by atoms with E-state index in [0.29, 0.717) is 0 Å². The molecule has 0 saturated heterocycles. The Kier molecular flexibility index (Phi) is 3.32. The van der Waals surface area contributed by atoms with Gasteiger partial charge in [-0.3, -0.25) is 0 Å². The zero-order valence-corrected chi connectivity index (χ0v) is 9.09. The van der Waals surface area contributed by atoms with Crippen LogP contribution in [0.25, 0.3) is 0 Å². The van der Waals surface area contributed by atoms with E-state index in [2.05, 4.69) is 20.7 Å². The van der Waals surface area contributed by atoms with Crippen LogP contribution in [-0.2, 0) is 0 Å². The molecule has 0 amide bonds. The Morgan fingerprint density at radius 2 is 2.00 bits per heavy atom. The zero-order valence-electron chi connectivity index (χ0n) is 7.51. The molecule has 1 rings (SSSR count). The van der Waals surface area contributed by atoms with Gasteiger partial charge in [0, 0.05) is 4.47 Å². The molecule has 0 saturated carbocycles. The summed E-state index contributed by atoms with van der Waals surface area (Å²) in [6.45, 7) is 0. The van der Waals surface area contributed by atoms with E-state index in [1.165, 1.54) is 0 Å². The van der Waals surface area contributed by atoms with Gasteiger partial charge < -0.3 is 15.6 Å². The largest absolute Gasteiger partial charge is 0.573 e. The second-order valence-corrected chi connectivity index (χ2v) is 3.58. The van der Waals surface area contributed by atoms with Crippen LogP contribution in [0.2, 0.25) is 0 Å². The van der Waals surface area contributed by atoms with Gasteiger partial charge in [0.2, 0.25) is 0 Å². The maximum absolute atomic E-state index is 11.9. The third-order valence-electron chi connectivity index (χ3n) is 1.56. The van der Waals surface area contributed by atoms with Crippen molar-refractivity contribution >= 4 is 27.6 Å². The van der Waals surface area contributed by atoms with E-state index in [1.54, 1.807) is 0 Å². The molecule has 1 aromatic rings. The molecule has 0 aliphatic heterocycles. The minimum atomic E-state index is -4.88. The van der Waals surface area contributed by atoms with E-state index in [1.807, 2.05) is 0 Å². The summed E-state index contributed by atoms with van der Waals surface area (Å²) in [7, 11) is 0. The molecular formula is C8H5BrF3NO3. The normalized spacial score (nSPS) is 11.2. The van der Waals surface area contributed by atoms with Crippen LogP contribution in [-0.4, -0.2) is 17.4 Å². The molecular weight excluding hydrogens is 295 g/mol. The lowest BCUT2D eigenvalue weighted by Gasteiger charge is -2.12. The molecule has 16 heavy (non-hydrogen) atoms. The highest BCUT2D eigenvalue weighted by atomic mass is 79.9. The number of hydrogen-bond acceptors (Lipinski definition) is 3. The minimum absolute atomic E-state index is 0.0477. The number of nitrogens with two attached hydrogens (primary N) is 1. The van der Waals surface area contributed by atoms with E-state index < -0.39 is 23.8 Å². The average molecular weight is 300 g/mol. The van der Waals surface area contributed by atoms with Crippen molar-refractivity contribution in [2.24, 2.45) is 0 Å². The standard InChI is InChI=1S/C8H5BrF3NO3/c9-4-2-6(16-8(10,11)12)5(13)1-3(4)7(14)15/h1-2H,13H2,(H,14,15). The summed E-state index contributed by atoms with van der Waals surface area (Å²) >= 11 is 2.81. The van der Waals surface area contributed by atoms with E-state index in [9.17, 15) is 18.0 Å². The fourth-order valence-electron chi connectivity index (χ4n) is 0.949. The summed E-state index contributed by atoms with van der Waals surface area (Å²) in [4.78, 5) is 10.6. The van der Waals surface area contributed by atoms with Gasteiger partial charge in [-0.1, -0.05) is 0 Å². The molecule has 3 N–H and O–H groups in total. The fourth-order valence-corrected chi connectivity index (χ4v) is 1.44. The lowest BCUT2D eigenvalue weighted by atomic mass is 10.2. The van der Waals surface area contributed by atoms with Crippen LogP contribution in [0.1, 0.15) is 10.4 Å². The highest BCUT2D eigenvalue weighted by Gasteiger charge is 2.32. The van der Waals surface area contributed by atoms with Gasteiger partial charge in [0.15, 0.2) is 5.75 Å². The number of carbonyl (C=O) groups is 1. The third-order valence-corrected chi connectivity index (χ3v) is 2.21. The second-order valence-electron chi connectivity index (χ2n) is 2.72. The van der Waals surface area contributed by atoms with Crippen LogP contribution < -0.4 is 10.5 Å². The van der Waals surface area contributed by atoms with Gasteiger partial charge in [-0.15, -0.1) is 13.2 Å². The fraction of sp³-hybridized carbons (Fsp3) is 0.125. The lowest BCUT2D eigenvalue weighted by Crippen LogP contribution is -2.18. The molecule has 0 aromatic heterocycles. The third kappa shape index (κ3) is 3.02. The van der Waals surface area contributed by atoms with E-state index in [-0.39, 0.29) is 10.0 Å². The molecule has 0 heterocycles. The molecule has 8 heteroatoms. The highest BCUT2D eigenvalue weighted by molar-refractivity contribution is 9.10. The van der Waals surface area contributed by atoms with Gasteiger partial charge in [-0.2, -0.15) is 0 Å². The molecule has 88 valence electrons. The Bertz CT molecular complexity index is 433. The van der Waals surface area contributed by atoms with Crippen LogP contribution in [0.4, 0.5) is 18.9 Å². The number of alkyl halides is 3. The minimum Gasteiger partial charge on any atom is -0.478 e. The number of ether oxygens (including phenoxy) is 1. The van der Waals surface area contributed by atoms with Crippen LogP contribution in [0, 0.1) is 0 Å². The van der Waals surface area contributed by atoms with Crippen molar-refractivity contribution < 1.29 is 27.8 Å². The average Bonchev–Trinajstić information content (AvgIpc) is 2.07. The van der Waals surface area contributed by atoms with Gasteiger partial charge in [0.25, 0.3) is 0 Å². The predicted molar refractivity (Wildman–Crippen MR) is 52.2 cm³/mol. The number of hydrogen-bond donors (Lipinski definition) is 2. The molecule has 0 aliphatic carbocycles. The molecule has 0 aliphatic rings. The van der Waals surface area contributed by atoms with Crippen molar-refractivity contribution in [3.8, 4) is 5.75 Å². The van der Waals surface area contributed by atoms with Gasteiger partial charge in [-0.05, 0) is 28.1 Å². The van der Waals surface area contributed by atoms with Gasteiger partial charge >= 0.3 is 12.3 Å². The van der Waals surface area contributed by atoms with Crippen LogP contribution in [0.5, 0.6) is 5.75 Å². The number of benzene rings is 1. The van der Waals surface area contributed by atoms with Crippen molar-refractivity contribution in [2.75, 3.05) is 5.73 Å². The molecule has 1 aromatic carbocycles. The Balaban J connectivity index is 3.16. The molecule has 0 radical (unpaired) electrons. The summed E-state index contributed by atoms with van der Waals surface area (Å²) < 4.78 is 39.3. The summed E-state index contributed by atoms with van der Waals surface area (Å²) in [5, 5.41) is 8.66. The summed E-state index contributed by atoms with van der Waals surface area (Å²) in [6, 6.07) is 1.74. The Hall–Kier alpha value is -1.44. The van der Waals surface area contributed by atoms with Crippen LogP contribution in [0.15, 0.2) is 16.6 Å². The number of nitrogen functional groups attached to an aromatic ring is 1. The molecule has 0 unspecified atom stereocenters. The number of aromatic carboxylic acids is 1. The molecule has 4 nitrogen and oxygen atoms in total. The number of anilines is 1. The number of halogens is 4. The first-order valence-corrected chi connectivity index (χ1v) is 4.58. The summed E-state index contributed by atoms with van der Waals surface area (Å²) in [6.07, 6.45) is -4.88. The van der Waals surface area contributed by atoms with Crippen molar-refractivity contribution in [1.82, 2.24) is 0 Å². The highest BCUT2D eigenvalue weighted by Crippen LogP contribution is 2.33. The van der Waals surface area contributed by atoms with E-state index >= 15 is 0 Å². The summed E-state index contributed by atoms with van der Waals surface area (Å²) in [5.41, 5.74) is 4.58. The maximum Gasteiger partial charge on any atom is 0.573 e.